The number of imidazole rings is 1. The second kappa shape index (κ2) is 3.34. The molecule has 0 amide bonds. The molecule has 3 heterocycles. The molecule has 4 heteroatoms. The number of nitrogens with zero attached hydrogens (tertiary/aromatic N) is 2. The zero-order valence-corrected chi connectivity index (χ0v) is 10.00. The first-order valence-corrected chi connectivity index (χ1v) is 6.57. The molecule has 0 saturated carbocycles. The summed E-state index contributed by atoms with van der Waals surface area (Å²) < 4.78 is 2.07. The molecule has 1 aliphatic rings. The minimum absolute atomic E-state index is 1.05. The second-order valence-electron chi connectivity index (χ2n) is 4.27. The Morgan fingerprint density at radius 2 is 2.35 bits per heavy atom. The predicted octanol–water partition coefficient (Wildman–Crippen LogP) is 3.03. The first-order valence-electron chi connectivity index (χ1n) is 5.69. The van der Waals surface area contributed by atoms with Crippen LogP contribution >= 0.6 is 11.3 Å². The summed E-state index contributed by atoms with van der Waals surface area (Å²) in [7, 11) is 0. The van der Waals surface area contributed by atoms with Gasteiger partial charge in [-0.25, -0.2) is 4.98 Å². The molecule has 0 fully saturated rings. The maximum atomic E-state index is 4.63. The zero-order valence-electron chi connectivity index (χ0n) is 9.18. The van der Waals surface area contributed by atoms with E-state index in [2.05, 4.69) is 44.5 Å². The van der Waals surface area contributed by atoms with Gasteiger partial charge in [-0.1, -0.05) is 6.07 Å². The molecule has 0 radical (unpaired) electrons. The monoisotopic (exact) mass is 241 g/mol. The standard InChI is InChI=1S/C13H11N3S/c1-2-11-10(3-4-14-11)7-9(1)12-8-16-5-6-17-13(16)15-12/h1-2,5-8,14H,3-4H2. The SMILES string of the molecule is c1cn2cc(-c3ccc4c(c3)CCN4)nc2s1. The Labute approximate surface area is 103 Å². The van der Waals surface area contributed by atoms with Gasteiger partial charge >= 0.3 is 0 Å². The minimum Gasteiger partial charge on any atom is -0.384 e. The van der Waals surface area contributed by atoms with Crippen molar-refractivity contribution in [1.82, 2.24) is 9.38 Å². The number of thiazole rings is 1. The van der Waals surface area contributed by atoms with Crippen LogP contribution in [0.1, 0.15) is 5.56 Å². The third-order valence-corrected chi connectivity index (χ3v) is 3.97. The van der Waals surface area contributed by atoms with Crippen LogP contribution < -0.4 is 5.32 Å². The van der Waals surface area contributed by atoms with Crippen molar-refractivity contribution in [3.05, 3.63) is 41.5 Å². The van der Waals surface area contributed by atoms with E-state index >= 15 is 0 Å². The van der Waals surface area contributed by atoms with E-state index in [1.54, 1.807) is 11.3 Å². The Morgan fingerprint density at radius 1 is 1.35 bits per heavy atom. The molecule has 1 N–H and O–H groups in total. The van der Waals surface area contributed by atoms with E-state index in [-0.39, 0.29) is 0 Å². The van der Waals surface area contributed by atoms with Gasteiger partial charge in [0.1, 0.15) is 0 Å². The van der Waals surface area contributed by atoms with E-state index in [9.17, 15) is 0 Å². The largest absolute Gasteiger partial charge is 0.384 e. The summed E-state index contributed by atoms with van der Waals surface area (Å²) in [5.41, 5.74) is 4.95. The molecular weight excluding hydrogens is 230 g/mol. The summed E-state index contributed by atoms with van der Waals surface area (Å²) in [5, 5.41) is 5.43. The van der Waals surface area contributed by atoms with Crippen LogP contribution in [0, 0.1) is 0 Å². The summed E-state index contributed by atoms with van der Waals surface area (Å²) in [6.45, 7) is 1.05. The highest BCUT2D eigenvalue weighted by Crippen LogP contribution is 2.28. The van der Waals surface area contributed by atoms with Crippen LogP contribution in [0.15, 0.2) is 36.0 Å². The maximum absolute atomic E-state index is 4.63. The average Bonchev–Trinajstić information content (AvgIpc) is 3.02. The molecule has 0 atom stereocenters. The number of rotatable bonds is 1. The van der Waals surface area contributed by atoms with E-state index in [1.165, 1.54) is 16.8 Å². The molecule has 0 spiro atoms. The van der Waals surface area contributed by atoms with Gasteiger partial charge in [0, 0.05) is 35.6 Å². The molecule has 3 aromatic rings. The number of benzene rings is 1. The van der Waals surface area contributed by atoms with Crippen molar-refractivity contribution < 1.29 is 0 Å². The predicted molar refractivity (Wildman–Crippen MR) is 70.7 cm³/mol. The van der Waals surface area contributed by atoms with Crippen molar-refractivity contribution in [2.45, 2.75) is 6.42 Å². The number of fused-ring (bicyclic) bond motifs is 2. The van der Waals surface area contributed by atoms with Gasteiger partial charge in [0.15, 0.2) is 4.96 Å². The Morgan fingerprint density at radius 3 is 3.29 bits per heavy atom. The van der Waals surface area contributed by atoms with Crippen LogP contribution in [-0.4, -0.2) is 15.9 Å². The van der Waals surface area contributed by atoms with Crippen molar-refractivity contribution >= 4 is 22.0 Å². The highest BCUT2D eigenvalue weighted by Gasteiger charge is 2.12. The third kappa shape index (κ3) is 1.37. The molecule has 0 aliphatic carbocycles. The van der Waals surface area contributed by atoms with Gasteiger partial charge in [-0.15, -0.1) is 11.3 Å². The van der Waals surface area contributed by atoms with Gasteiger partial charge in [-0.05, 0) is 24.1 Å². The highest BCUT2D eigenvalue weighted by atomic mass is 32.1. The number of aromatic nitrogens is 2. The van der Waals surface area contributed by atoms with E-state index in [4.69, 9.17) is 0 Å². The summed E-state index contributed by atoms with van der Waals surface area (Å²) >= 11 is 1.67. The lowest BCUT2D eigenvalue weighted by atomic mass is 10.1. The fourth-order valence-corrected chi connectivity index (χ4v) is 3.03. The van der Waals surface area contributed by atoms with Gasteiger partial charge in [0.05, 0.1) is 5.69 Å². The summed E-state index contributed by atoms with van der Waals surface area (Å²) in [6, 6.07) is 6.55. The zero-order chi connectivity index (χ0) is 11.2. The lowest BCUT2D eigenvalue weighted by molar-refractivity contribution is 1.11. The molecule has 0 bridgehead atoms. The van der Waals surface area contributed by atoms with Crippen molar-refractivity contribution in [2.24, 2.45) is 0 Å². The van der Waals surface area contributed by atoms with Crippen LogP contribution in [0.3, 0.4) is 0 Å². The van der Waals surface area contributed by atoms with Crippen molar-refractivity contribution in [3.63, 3.8) is 0 Å². The first kappa shape index (κ1) is 9.24. The van der Waals surface area contributed by atoms with Gasteiger partial charge in [0.2, 0.25) is 0 Å². The van der Waals surface area contributed by atoms with Gasteiger partial charge in [-0.3, -0.25) is 4.40 Å². The van der Waals surface area contributed by atoms with Crippen molar-refractivity contribution in [3.8, 4) is 11.3 Å². The molecule has 84 valence electrons. The molecule has 0 unspecified atom stereocenters. The second-order valence-corrected chi connectivity index (χ2v) is 5.14. The molecule has 1 aliphatic heterocycles. The summed E-state index contributed by atoms with van der Waals surface area (Å²) in [5.74, 6) is 0. The smallest absolute Gasteiger partial charge is 0.194 e. The topological polar surface area (TPSA) is 29.3 Å². The van der Waals surface area contributed by atoms with E-state index in [0.29, 0.717) is 0 Å². The molecule has 3 nitrogen and oxygen atoms in total. The van der Waals surface area contributed by atoms with Crippen LogP contribution in [-0.2, 0) is 6.42 Å². The van der Waals surface area contributed by atoms with Gasteiger partial charge in [-0.2, -0.15) is 0 Å². The van der Waals surface area contributed by atoms with E-state index < -0.39 is 0 Å². The molecular formula is C13H11N3S. The summed E-state index contributed by atoms with van der Waals surface area (Å²) in [4.78, 5) is 5.68. The quantitative estimate of drug-likeness (QED) is 0.709. The Kier molecular flexibility index (Phi) is 1.82. The molecule has 1 aromatic carbocycles. The first-order chi connectivity index (χ1) is 8.40. The van der Waals surface area contributed by atoms with Crippen molar-refractivity contribution in [2.75, 3.05) is 11.9 Å². The minimum atomic E-state index is 1.05. The molecule has 4 rings (SSSR count). The molecule has 17 heavy (non-hydrogen) atoms. The van der Waals surface area contributed by atoms with Crippen LogP contribution in [0.25, 0.3) is 16.2 Å². The number of hydrogen-bond acceptors (Lipinski definition) is 3. The third-order valence-electron chi connectivity index (χ3n) is 3.20. The van der Waals surface area contributed by atoms with E-state index in [1.807, 2.05) is 6.20 Å². The molecule has 2 aromatic heterocycles. The van der Waals surface area contributed by atoms with Crippen LogP contribution in [0.2, 0.25) is 0 Å². The lowest BCUT2D eigenvalue weighted by Gasteiger charge is -2.01. The molecule has 0 saturated heterocycles. The van der Waals surface area contributed by atoms with Crippen LogP contribution in [0.5, 0.6) is 0 Å². The average molecular weight is 241 g/mol. The fourth-order valence-electron chi connectivity index (χ4n) is 2.33. The number of anilines is 1. The van der Waals surface area contributed by atoms with Crippen molar-refractivity contribution in [1.29, 1.82) is 0 Å². The highest BCUT2D eigenvalue weighted by molar-refractivity contribution is 7.15. The Hall–Kier alpha value is -1.81. The fraction of sp³-hybridized carbons (Fsp3) is 0.154. The normalized spacial score (nSPS) is 13.9. The van der Waals surface area contributed by atoms with E-state index in [0.717, 1.165) is 23.6 Å². The maximum Gasteiger partial charge on any atom is 0.194 e. The number of nitrogens with one attached hydrogen (secondary N) is 1. The number of hydrogen-bond donors (Lipinski definition) is 1. The van der Waals surface area contributed by atoms with Gasteiger partial charge in [0.25, 0.3) is 0 Å². The lowest BCUT2D eigenvalue weighted by Crippen LogP contribution is -1.90. The Bertz CT molecular complexity index is 667. The van der Waals surface area contributed by atoms with Crippen LogP contribution in [0.4, 0.5) is 5.69 Å². The van der Waals surface area contributed by atoms with Gasteiger partial charge < -0.3 is 5.32 Å². The summed E-state index contributed by atoms with van der Waals surface area (Å²) in [6.07, 6.45) is 5.26. The Balaban J connectivity index is 1.86.